The van der Waals surface area contributed by atoms with Crippen molar-refractivity contribution in [3.63, 3.8) is 0 Å². The molecule has 0 fully saturated rings. The van der Waals surface area contributed by atoms with Gasteiger partial charge in [0.2, 0.25) is 5.78 Å². The molecular weight excluding hydrogens is 164 g/mol. The van der Waals surface area contributed by atoms with Gasteiger partial charge in [0.1, 0.15) is 5.69 Å². The van der Waals surface area contributed by atoms with Gasteiger partial charge in [0.25, 0.3) is 0 Å². The molecular formula is C7H7ClN2O. The number of nitrogens with zero attached hydrogens (tertiary/aromatic N) is 2. The summed E-state index contributed by atoms with van der Waals surface area (Å²) in [5, 5.41) is 0.220. The third-order valence-corrected chi connectivity index (χ3v) is 1.59. The van der Waals surface area contributed by atoms with E-state index in [4.69, 9.17) is 11.6 Å². The van der Waals surface area contributed by atoms with E-state index in [0.29, 0.717) is 5.69 Å². The Balaban J connectivity index is 3.20. The molecule has 11 heavy (non-hydrogen) atoms. The summed E-state index contributed by atoms with van der Waals surface area (Å²) in [6.07, 6.45) is 2.70. The molecule has 58 valence electrons. The van der Waals surface area contributed by atoms with Crippen molar-refractivity contribution < 1.29 is 4.79 Å². The number of imidazole rings is 1. The summed E-state index contributed by atoms with van der Waals surface area (Å²) in [7, 11) is 1.70. The summed E-state index contributed by atoms with van der Waals surface area (Å²) in [4.78, 5) is 14.8. The third kappa shape index (κ3) is 1.33. The minimum atomic E-state index is -0.213. The molecule has 0 saturated heterocycles. The first-order valence-electron chi connectivity index (χ1n) is 3.00. The summed E-state index contributed by atoms with van der Waals surface area (Å²) in [5.41, 5.74) is 0.377. The number of halogens is 1. The van der Waals surface area contributed by atoms with E-state index in [1.54, 1.807) is 11.6 Å². The van der Waals surface area contributed by atoms with Gasteiger partial charge in [-0.3, -0.25) is 4.79 Å². The monoisotopic (exact) mass is 170 g/mol. The van der Waals surface area contributed by atoms with Crippen LogP contribution in [0.2, 0.25) is 5.15 Å². The van der Waals surface area contributed by atoms with Gasteiger partial charge in [0.05, 0.1) is 6.33 Å². The summed E-state index contributed by atoms with van der Waals surface area (Å²) in [6.45, 7) is 3.35. The van der Waals surface area contributed by atoms with Crippen LogP contribution in [0, 0.1) is 0 Å². The molecule has 4 heteroatoms. The van der Waals surface area contributed by atoms with Gasteiger partial charge in [0, 0.05) is 7.05 Å². The number of aryl methyl sites for hydroxylation is 1. The summed E-state index contributed by atoms with van der Waals surface area (Å²) < 4.78 is 1.56. The second-order valence-corrected chi connectivity index (χ2v) is 2.42. The molecule has 0 bridgehead atoms. The fourth-order valence-corrected chi connectivity index (χ4v) is 1.04. The Bertz CT molecular complexity index is 284. The number of carbonyl (C=O) groups excluding carboxylic acids is 1. The van der Waals surface area contributed by atoms with E-state index in [9.17, 15) is 4.79 Å². The first-order valence-corrected chi connectivity index (χ1v) is 3.38. The van der Waals surface area contributed by atoms with Crippen LogP contribution in [0.25, 0.3) is 0 Å². The molecule has 0 spiro atoms. The molecule has 0 unspecified atom stereocenters. The highest BCUT2D eigenvalue weighted by Gasteiger charge is 2.11. The highest BCUT2D eigenvalue weighted by atomic mass is 35.5. The summed E-state index contributed by atoms with van der Waals surface area (Å²) in [6, 6.07) is 0. The lowest BCUT2D eigenvalue weighted by Crippen LogP contribution is -2.01. The van der Waals surface area contributed by atoms with Crippen molar-refractivity contribution in [2.75, 3.05) is 0 Å². The van der Waals surface area contributed by atoms with Gasteiger partial charge in [-0.1, -0.05) is 18.2 Å². The fourth-order valence-electron chi connectivity index (χ4n) is 0.774. The van der Waals surface area contributed by atoms with Crippen LogP contribution >= 0.6 is 11.6 Å². The Morgan fingerprint density at radius 3 is 2.91 bits per heavy atom. The maximum atomic E-state index is 11.1. The molecule has 1 rings (SSSR count). The first-order chi connectivity index (χ1) is 5.16. The van der Waals surface area contributed by atoms with Gasteiger partial charge >= 0.3 is 0 Å². The molecule has 0 aromatic carbocycles. The minimum absolute atomic E-state index is 0.213. The lowest BCUT2D eigenvalue weighted by Gasteiger charge is -1.95. The maximum Gasteiger partial charge on any atom is 0.204 e. The van der Waals surface area contributed by atoms with E-state index in [-0.39, 0.29) is 10.9 Å². The number of aromatic nitrogens is 2. The van der Waals surface area contributed by atoms with E-state index in [1.807, 2.05) is 0 Å². The lowest BCUT2D eigenvalue weighted by atomic mass is 10.3. The molecule has 0 aliphatic carbocycles. The number of allylic oxidation sites excluding steroid dienone is 1. The van der Waals surface area contributed by atoms with Gasteiger partial charge in [-0.05, 0) is 6.08 Å². The van der Waals surface area contributed by atoms with Crippen LogP contribution < -0.4 is 0 Å². The molecule has 0 aliphatic rings. The van der Waals surface area contributed by atoms with Crippen molar-refractivity contribution in [2.24, 2.45) is 7.05 Å². The predicted octanol–water partition coefficient (Wildman–Crippen LogP) is 1.44. The van der Waals surface area contributed by atoms with Crippen molar-refractivity contribution in [3.05, 3.63) is 29.8 Å². The molecule has 1 aromatic heterocycles. The number of rotatable bonds is 2. The molecule has 1 heterocycles. The molecule has 0 radical (unpaired) electrons. The Hall–Kier alpha value is -1.09. The van der Waals surface area contributed by atoms with Crippen LogP contribution in [0.15, 0.2) is 19.0 Å². The fraction of sp³-hybridized carbons (Fsp3) is 0.143. The zero-order chi connectivity index (χ0) is 8.43. The van der Waals surface area contributed by atoms with Crippen LogP contribution in [-0.2, 0) is 7.05 Å². The largest absolute Gasteiger partial charge is 0.330 e. The highest BCUT2D eigenvalue weighted by molar-refractivity contribution is 6.33. The van der Waals surface area contributed by atoms with Crippen LogP contribution in [0.3, 0.4) is 0 Å². The molecule has 0 aliphatic heterocycles. The number of hydrogen-bond acceptors (Lipinski definition) is 2. The lowest BCUT2D eigenvalue weighted by molar-refractivity contribution is 0.104. The molecule has 1 aromatic rings. The average molecular weight is 171 g/mol. The second-order valence-electron chi connectivity index (χ2n) is 2.06. The van der Waals surface area contributed by atoms with Crippen molar-refractivity contribution in [2.45, 2.75) is 0 Å². The molecule has 0 N–H and O–H groups in total. The minimum Gasteiger partial charge on any atom is -0.330 e. The van der Waals surface area contributed by atoms with Crippen LogP contribution in [0.5, 0.6) is 0 Å². The van der Waals surface area contributed by atoms with Gasteiger partial charge in [-0.2, -0.15) is 0 Å². The second kappa shape index (κ2) is 2.88. The number of carbonyl (C=O) groups is 1. The smallest absolute Gasteiger partial charge is 0.204 e. The molecule has 3 nitrogen and oxygen atoms in total. The Labute approximate surface area is 69.3 Å². The van der Waals surface area contributed by atoms with E-state index in [2.05, 4.69) is 11.6 Å². The van der Waals surface area contributed by atoms with Crippen molar-refractivity contribution in [1.29, 1.82) is 0 Å². The Morgan fingerprint density at radius 2 is 2.55 bits per heavy atom. The number of ketones is 1. The predicted molar refractivity (Wildman–Crippen MR) is 42.7 cm³/mol. The van der Waals surface area contributed by atoms with E-state index >= 15 is 0 Å². The van der Waals surface area contributed by atoms with Gasteiger partial charge in [0.15, 0.2) is 5.15 Å². The van der Waals surface area contributed by atoms with Crippen LogP contribution in [0.4, 0.5) is 0 Å². The quantitative estimate of drug-likeness (QED) is 0.497. The normalized spacial score (nSPS) is 9.64. The Morgan fingerprint density at radius 1 is 1.91 bits per heavy atom. The highest BCUT2D eigenvalue weighted by Crippen LogP contribution is 2.12. The van der Waals surface area contributed by atoms with E-state index < -0.39 is 0 Å². The molecule has 0 saturated carbocycles. The SMILES string of the molecule is C=CC(=O)c1c(Cl)ncn1C. The Kier molecular flexibility index (Phi) is 2.10. The van der Waals surface area contributed by atoms with Crippen LogP contribution in [-0.4, -0.2) is 15.3 Å². The van der Waals surface area contributed by atoms with Crippen molar-refractivity contribution in [3.8, 4) is 0 Å². The molecule has 0 atom stereocenters. The topological polar surface area (TPSA) is 34.9 Å². The van der Waals surface area contributed by atoms with E-state index in [0.717, 1.165) is 0 Å². The van der Waals surface area contributed by atoms with Crippen LogP contribution in [0.1, 0.15) is 10.5 Å². The summed E-state index contributed by atoms with van der Waals surface area (Å²) >= 11 is 5.62. The van der Waals surface area contributed by atoms with Gasteiger partial charge in [-0.25, -0.2) is 4.98 Å². The van der Waals surface area contributed by atoms with Crippen molar-refractivity contribution in [1.82, 2.24) is 9.55 Å². The first kappa shape index (κ1) is 8.01. The molecule has 0 amide bonds. The number of hydrogen-bond donors (Lipinski definition) is 0. The zero-order valence-corrected chi connectivity index (χ0v) is 6.80. The average Bonchev–Trinajstić information content (AvgIpc) is 2.30. The van der Waals surface area contributed by atoms with Crippen molar-refractivity contribution >= 4 is 17.4 Å². The summed E-state index contributed by atoms with van der Waals surface area (Å²) in [5.74, 6) is -0.213. The van der Waals surface area contributed by atoms with E-state index in [1.165, 1.54) is 12.4 Å². The maximum absolute atomic E-state index is 11.1. The standard InChI is InChI=1S/C7H7ClN2O/c1-3-5(11)6-7(8)9-4-10(6)2/h3-4H,1H2,2H3. The van der Waals surface area contributed by atoms with Gasteiger partial charge < -0.3 is 4.57 Å². The third-order valence-electron chi connectivity index (χ3n) is 1.31. The zero-order valence-electron chi connectivity index (χ0n) is 6.04. The van der Waals surface area contributed by atoms with Gasteiger partial charge in [-0.15, -0.1) is 0 Å².